The van der Waals surface area contributed by atoms with Crippen molar-refractivity contribution in [1.82, 2.24) is 10.3 Å². The lowest BCUT2D eigenvalue weighted by molar-refractivity contribution is -0.137. The minimum atomic E-state index is -0.840. The molecule has 1 aromatic heterocycles. The highest BCUT2D eigenvalue weighted by Gasteiger charge is 2.38. The summed E-state index contributed by atoms with van der Waals surface area (Å²) in [6, 6.07) is 5.97. The first-order chi connectivity index (χ1) is 12.9. The molecule has 1 saturated heterocycles. The van der Waals surface area contributed by atoms with Gasteiger partial charge >= 0.3 is 0 Å². The van der Waals surface area contributed by atoms with Crippen LogP contribution in [0.5, 0.6) is 5.75 Å². The Morgan fingerprint density at radius 2 is 2.19 bits per heavy atom. The molecule has 1 saturated carbocycles. The summed E-state index contributed by atoms with van der Waals surface area (Å²) in [5.74, 6) is 0.879. The van der Waals surface area contributed by atoms with Gasteiger partial charge in [-0.25, -0.2) is 4.98 Å². The van der Waals surface area contributed by atoms with Gasteiger partial charge < -0.3 is 19.9 Å². The van der Waals surface area contributed by atoms with E-state index in [4.69, 9.17) is 9.47 Å². The highest BCUT2D eigenvalue weighted by Crippen LogP contribution is 2.35. The molecule has 1 aliphatic heterocycles. The SMILES string of the molecule is CC(C)(O)C1CCC(NC(=O)C2CC(Oc3cccc4scnc34)C2)CO1. The van der Waals surface area contributed by atoms with Crippen LogP contribution in [0.3, 0.4) is 0 Å². The van der Waals surface area contributed by atoms with E-state index in [0.717, 1.165) is 41.6 Å². The summed E-state index contributed by atoms with van der Waals surface area (Å²) in [5.41, 5.74) is 1.88. The molecular formula is C20H26N2O4S. The Bertz CT molecular complexity index is 802. The van der Waals surface area contributed by atoms with Crippen molar-refractivity contribution in [2.24, 2.45) is 5.92 Å². The monoisotopic (exact) mass is 390 g/mol. The van der Waals surface area contributed by atoms with Gasteiger partial charge in [0, 0.05) is 5.92 Å². The summed E-state index contributed by atoms with van der Waals surface area (Å²) < 4.78 is 12.9. The van der Waals surface area contributed by atoms with E-state index in [1.165, 1.54) is 0 Å². The zero-order chi connectivity index (χ0) is 19.0. The van der Waals surface area contributed by atoms with Crippen molar-refractivity contribution in [3.8, 4) is 5.75 Å². The van der Waals surface area contributed by atoms with Crippen molar-refractivity contribution < 1.29 is 19.4 Å². The lowest BCUT2D eigenvalue weighted by Crippen LogP contribution is -2.51. The molecule has 2 aliphatic rings. The van der Waals surface area contributed by atoms with Crippen LogP contribution in [0.4, 0.5) is 0 Å². The van der Waals surface area contributed by atoms with Crippen molar-refractivity contribution in [1.29, 1.82) is 0 Å². The van der Waals surface area contributed by atoms with Crippen LogP contribution < -0.4 is 10.1 Å². The molecule has 0 radical (unpaired) electrons. The average molecular weight is 391 g/mol. The third kappa shape index (κ3) is 4.10. The second kappa shape index (κ2) is 7.37. The van der Waals surface area contributed by atoms with E-state index in [9.17, 15) is 9.90 Å². The fraction of sp³-hybridized carbons (Fsp3) is 0.600. The molecule has 27 heavy (non-hydrogen) atoms. The number of carbonyl (C=O) groups excluding carboxylic acids is 1. The number of carbonyl (C=O) groups is 1. The van der Waals surface area contributed by atoms with Crippen LogP contribution in [-0.2, 0) is 9.53 Å². The molecule has 1 amide bonds. The van der Waals surface area contributed by atoms with Crippen LogP contribution in [0, 0.1) is 5.92 Å². The van der Waals surface area contributed by atoms with Crippen LogP contribution in [-0.4, -0.2) is 46.5 Å². The summed E-state index contributed by atoms with van der Waals surface area (Å²) >= 11 is 1.60. The number of para-hydroxylation sites is 1. The number of amides is 1. The maximum Gasteiger partial charge on any atom is 0.223 e. The Balaban J connectivity index is 1.23. The molecule has 2 N–H and O–H groups in total. The molecule has 2 atom stereocenters. The summed E-state index contributed by atoms with van der Waals surface area (Å²) in [6.07, 6.45) is 2.94. The molecule has 6 nitrogen and oxygen atoms in total. The van der Waals surface area contributed by atoms with Crippen LogP contribution >= 0.6 is 11.3 Å². The summed E-state index contributed by atoms with van der Waals surface area (Å²) in [5, 5.41) is 13.1. The van der Waals surface area contributed by atoms with Crippen molar-refractivity contribution in [2.45, 2.75) is 63.4 Å². The van der Waals surface area contributed by atoms with Crippen molar-refractivity contribution >= 4 is 27.5 Å². The molecule has 1 aliphatic carbocycles. The number of nitrogens with one attached hydrogen (secondary N) is 1. The molecule has 2 unspecified atom stereocenters. The predicted octanol–water partition coefficient (Wildman–Crippen LogP) is 2.89. The quantitative estimate of drug-likeness (QED) is 0.821. The van der Waals surface area contributed by atoms with E-state index in [-0.39, 0.29) is 30.1 Å². The normalized spacial score (nSPS) is 28.6. The van der Waals surface area contributed by atoms with Crippen LogP contribution in [0.2, 0.25) is 0 Å². The van der Waals surface area contributed by atoms with Crippen molar-refractivity contribution in [2.75, 3.05) is 6.61 Å². The van der Waals surface area contributed by atoms with Gasteiger partial charge in [-0.1, -0.05) is 6.07 Å². The highest BCUT2D eigenvalue weighted by molar-refractivity contribution is 7.16. The number of hydrogen-bond acceptors (Lipinski definition) is 6. The number of ether oxygens (including phenoxy) is 2. The summed E-state index contributed by atoms with van der Waals surface area (Å²) in [6.45, 7) is 3.98. The number of rotatable bonds is 5. The Morgan fingerprint density at radius 1 is 1.37 bits per heavy atom. The molecule has 2 fully saturated rings. The summed E-state index contributed by atoms with van der Waals surface area (Å²) in [7, 11) is 0. The third-order valence-corrected chi connectivity index (χ3v) is 6.29. The van der Waals surface area contributed by atoms with Gasteiger partial charge in [-0.2, -0.15) is 0 Å². The van der Waals surface area contributed by atoms with Gasteiger partial charge in [0.05, 0.1) is 34.6 Å². The van der Waals surface area contributed by atoms with Crippen LogP contribution in [0.1, 0.15) is 39.5 Å². The molecule has 4 rings (SSSR count). The van der Waals surface area contributed by atoms with Gasteiger partial charge in [-0.15, -0.1) is 11.3 Å². The number of nitrogens with zero attached hydrogens (tertiary/aromatic N) is 1. The molecule has 7 heteroatoms. The fourth-order valence-electron chi connectivity index (χ4n) is 3.75. The molecule has 2 heterocycles. The number of aromatic nitrogens is 1. The molecular weight excluding hydrogens is 364 g/mol. The van der Waals surface area contributed by atoms with E-state index in [1.807, 2.05) is 23.7 Å². The van der Waals surface area contributed by atoms with Crippen LogP contribution in [0.25, 0.3) is 10.2 Å². The van der Waals surface area contributed by atoms with Gasteiger partial charge in [0.1, 0.15) is 17.4 Å². The lowest BCUT2D eigenvalue weighted by atomic mass is 9.81. The van der Waals surface area contributed by atoms with Crippen molar-refractivity contribution in [3.05, 3.63) is 23.7 Å². The smallest absolute Gasteiger partial charge is 0.223 e. The van der Waals surface area contributed by atoms with E-state index >= 15 is 0 Å². The van der Waals surface area contributed by atoms with E-state index < -0.39 is 5.60 Å². The summed E-state index contributed by atoms with van der Waals surface area (Å²) in [4.78, 5) is 16.8. The standard InChI is InChI=1S/C20H26N2O4S/c1-20(2,24)17-7-6-13(10-25-17)22-19(23)12-8-14(9-12)26-15-4-3-5-16-18(15)21-11-27-16/h3-5,11-14,17,24H,6-10H2,1-2H3,(H,22,23). The average Bonchev–Trinajstić information content (AvgIpc) is 3.06. The van der Waals surface area contributed by atoms with E-state index in [1.54, 1.807) is 25.2 Å². The largest absolute Gasteiger partial charge is 0.488 e. The van der Waals surface area contributed by atoms with Gasteiger partial charge in [0.2, 0.25) is 5.91 Å². The number of fused-ring (bicyclic) bond motifs is 1. The minimum Gasteiger partial charge on any atom is -0.488 e. The molecule has 2 aromatic rings. The molecule has 0 spiro atoms. The number of benzene rings is 1. The Hall–Kier alpha value is -1.70. The highest BCUT2D eigenvalue weighted by atomic mass is 32.1. The lowest BCUT2D eigenvalue weighted by Gasteiger charge is -2.38. The second-order valence-corrected chi connectivity index (χ2v) is 9.01. The maximum absolute atomic E-state index is 12.5. The zero-order valence-corrected chi connectivity index (χ0v) is 16.5. The number of aliphatic hydroxyl groups is 1. The first-order valence-electron chi connectivity index (χ1n) is 9.53. The molecule has 0 bridgehead atoms. The van der Waals surface area contributed by atoms with Crippen LogP contribution in [0.15, 0.2) is 23.7 Å². The molecule has 146 valence electrons. The first-order valence-corrected chi connectivity index (χ1v) is 10.4. The Kier molecular flexibility index (Phi) is 5.09. The number of thiazole rings is 1. The van der Waals surface area contributed by atoms with Crippen molar-refractivity contribution in [3.63, 3.8) is 0 Å². The Morgan fingerprint density at radius 3 is 2.89 bits per heavy atom. The maximum atomic E-state index is 12.5. The van der Waals surface area contributed by atoms with Gasteiger partial charge in [-0.3, -0.25) is 4.79 Å². The number of hydrogen-bond donors (Lipinski definition) is 2. The van der Waals surface area contributed by atoms with Gasteiger partial charge in [0.15, 0.2) is 0 Å². The second-order valence-electron chi connectivity index (χ2n) is 8.12. The van der Waals surface area contributed by atoms with Gasteiger partial charge in [0.25, 0.3) is 0 Å². The Labute approximate surface area is 162 Å². The predicted molar refractivity (Wildman–Crippen MR) is 104 cm³/mol. The zero-order valence-electron chi connectivity index (χ0n) is 15.7. The topological polar surface area (TPSA) is 80.7 Å². The fourth-order valence-corrected chi connectivity index (χ4v) is 4.45. The van der Waals surface area contributed by atoms with Gasteiger partial charge in [-0.05, 0) is 51.7 Å². The van der Waals surface area contributed by atoms with E-state index in [2.05, 4.69) is 10.3 Å². The molecule has 1 aromatic carbocycles. The minimum absolute atomic E-state index is 0.00311. The third-order valence-electron chi connectivity index (χ3n) is 5.49. The first kappa shape index (κ1) is 18.7. The van der Waals surface area contributed by atoms with E-state index in [0.29, 0.717) is 6.61 Å².